The number of allylic oxidation sites excluding steroid dienone is 1. The highest BCUT2D eigenvalue weighted by molar-refractivity contribution is 6.33. The number of carbonyl (C=O) groups excluding carboxylic acids is 1. The van der Waals surface area contributed by atoms with Gasteiger partial charge in [-0.2, -0.15) is 5.26 Å². The fourth-order valence-corrected chi connectivity index (χ4v) is 2.19. The molecule has 3 heteroatoms. The Morgan fingerprint density at radius 1 is 1.14 bits per heavy atom. The first-order valence-corrected chi connectivity index (χ1v) is 6.99. The summed E-state index contributed by atoms with van der Waals surface area (Å²) >= 11 is 6.00. The van der Waals surface area contributed by atoms with E-state index >= 15 is 0 Å². The number of nitriles is 1. The zero-order valence-corrected chi connectivity index (χ0v) is 12.1. The van der Waals surface area contributed by atoms with Crippen LogP contribution in [0.5, 0.6) is 0 Å². The molecule has 21 heavy (non-hydrogen) atoms. The van der Waals surface area contributed by atoms with E-state index in [0.717, 1.165) is 5.56 Å². The summed E-state index contributed by atoms with van der Waals surface area (Å²) in [6, 6.07) is 18.7. The Morgan fingerprint density at radius 2 is 1.81 bits per heavy atom. The maximum absolute atomic E-state index is 12.2. The van der Waals surface area contributed by atoms with E-state index in [1.54, 1.807) is 30.3 Å². The summed E-state index contributed by atoms with van der Waals surface area (Å²) in [7, 11) is 0. The van der Waals surface area contributed by atoms with Gasteiger partial charge in [0, 0.05) is 12.0 Å². The average Bonchev–Trinajstić information content (AvgIpc) is 2.52. The summed E-state index contributed by atoms with van der Waals surface area (Å²) < 4.78 is 0. The van der Waals surface area contributed by atoms with Gasteiger partial charge >= 0.3 is 0 Å². The van der Waals surface area contributed by atoms with E-state index in [9.17, 15) is 10.1 Å². The highest BCUT2D eigenvalue weighted by Gasteiger charge is 2.14. The molecule has 0 aliphatic carbocycles. The van der Waals surface area contributed by atoms with Crippen LogP contribution < -0.4 is 0 Å². The molecule has 2 aromatic rings. The molecule has 0 radical (unpaired) electrons. The van der Waals surface area contributed by atoms with E-state index in [0.29, 0.717) is 10.6 Å². The van der Waals surface area contributed by atoms with Crippen molar-refractivity contribution >= 4 is 23.5 Å². The van der Waals surface area contributed by atoms with Crippen LogP contribution in [0.4, 0.5) is 0 Å². The van der Waals surface area contributed by atoms with E-state index < -0.39 is 5.92 Å². The number of rotatable bonds is 5. The van der Waals surface area contributed by atoms with Gasteiger partial charge in [-0.05, 0) is 17.7 Å². The molecule has 0 saturated carbocycles. The van der Waals surface area contributed by atoms with Gasteiger partial charge in [0.05, 0.1) is 17.0 Å². The second-order valence-corrected chi connectivity index (χ2v) is 5.02. The van der Waals surface area contributed by atoms with Gasteiger partial charge in [-0.3, -0.25) is 4.79 Å². The topological polar surface area (TPSA) is 40.9 Å². The van der Waals surface area contributed by atoms with Crippen molar-refractivity contribution in [2.24, 2.45) is 5.92 Å². The molecule has 0 saturated heterocycles. The van der Waals surface area contributed by atoms with Crippen LogP contribution in [0, 0.1) is 17.2 Å². The zero-order valence-electron chi connectivity index (χ0n) is 11.4. The Balaban J connectivity index is 2.07. The van der Waals surface area contributed by atoms with Crippen molar-refractivity contribution in [2.45, 2.75) is 6.42 Å². The highest BCUT2D eigenvalue weighted by Crippen LogP contribution is 2.19. The standard InChI is InChI=1S/C18H14ClNO/c19-17-9-5-4-8-16(17)18(21)12-15(13-20)11-10-14-6-2-1-3-7-14/h1-11,15H,12H2/b11-10+. The Kier molecular flexibility index (Phi) is 5.31. The molecule has 104 valence electrons. The number of halogens is 1. The van der Waals surface area contributed by atoms with Gasteiger partial charge in [-0.15, -0.1) is 0 Å². The third kappa shape index (κ3) is 4.30. The Labute approximate surface area is 129 Å². The third-order valence-corrected chi connectivity index (χ3v) is 3.40. The van der Waals surface area contributed by atoms with Crippen molar-refractivity contribution in [1.29, 1.82) is 5.26 Å². The van der Waals surface area contributed by atoms with Crippen LogP contribution in [0.25, 0.3) is 6.08 Å². The smallest absolute Gasteiger partial charge is 0.165 e. The molecule has 1 unspecified atom stereocenters. The van der Waals surface area contributed by atoms with Gasteiger partial charge < -0.3 is 0 Å². The maximum atomic E-state index is 12.2. The quantitative estimate of drug-likeness (QED) is 0.746. The monoisotopic (exact) mass is 295 g/mol. The summed E-state index contributed by atoms with van der Waals surface area (Å²) in [4.78, 5) is 12.2. The minimum Gasteiger partial charge on any atom is -0.294 e. The molecule has 0 heterocycles. The Hall–Kier alpha value is -2.37. The normalized spacial score (nSPS) is 12.0. The predicted molar refractivity (Wildman–Crippen MR) is 85.0 cm³/mol. The zero-order chi connectivity index (χ0) is 15.1. The predicted octanol–water partition coefficient (Wildman–Crippen LogP) is 4.77. The first-order chi connectivity index (χ1) is 10.2. The van der Waals surface area contributed by atoms with E-state index in [2.05, 4.69) is 6.07 Å². The number of carbonyl (C=O) groups is 1. The average molecular weight is 296 g/mol. The molecule has 0 bridgehead atoms. The molecule has 1 atom stereocenters. The number of Topliss-reactive ketones (excluding diaryl/α,β-unsaturated/α-hetero) is 1. The van der Waals surface area contributed by atoms with Crippen LogP contribution in [0.3, 0.4) is 0 Å². The second kappa shape index (κ2) is 7.42. The molecule has 0 N–H and O–H groups in total. The maximum Gasteiger partial charge on any atom is 0.165 e. The minimum absolute atomic E-state index is 0.120. The van der Waals surface area contributed by atoms with Crippen molar-refractivity contribution in [3.05, 3.63) is 76.8 Å². The van der Waals surface area contributed by atoms with Gasteiger partial charge in [-0.25, -0.2) is 0 Å². The molecule has 2 rings (SSSR count). The summed E-state index contributed by atoms with van der Waals surface area (Å²) in [5.41, 5.74) is 1.47. The van der Waals surface area contributed by atoms with Crippen LogP contribution in [0.1, 0.15) is 22.3 Å². The molecular formula is C18H14ClNO. The van der Waals surface area contributed by atoms with E-state index in [4.69, 9.17) is 11.6 Å². The number of hydrogen-bond acceptors (Lipinski definition) is 2. The lowest BCUT2D eigenvalue weighted by molar-refractivity contribution is 0.0976. The van der Waals surface area contributed by atoms with E-state index in [1.165, 1.54) is 0 Å². The summed E-state index contributed by atoms with van der Waals surface area (Å²) in [5.74, 6) is -0.584. The first kappa shape index (κ1) is 15.0. The third-order valence-electron chi connectivity index (χ3n) is 3.07. The van der Waals surface area contributed by atoms with Gasteiger partial charge in [-0.1, -0.05) is 66.2 Å². The van der Waals surface area contributed by atoms with Crippen LogP contribution in [0.2, 0.25) is 5.02 Å². The molecule has 0 amide bonds. The largest absolute Gasteiger partial charge is 0.294 e. The first-order valence-electron chi connectivity index (χ1n) is 6.61. The van der Waals surface area contributed by atoms with Crippen molar-refractivity contribution < 1.29 is 4.79 Å². The van der Waals surface area contributed by atoms with Crippen LogP contribution in [-0.2, 0) is 0 Å². The Bertz CT molecular complexity index is 686. The number of nitrogens with zero attached hydrogens (tertiary/aromatic N) is 1. The lowest BCUT2D eigenvalue weighted by atomic mass is 9.98. The van der Waals surface area contributed by atoms with Crippen molar-refractivity contribution in [2.75, 3.05) is 0 Å². The molecule has 0 aliphatic rings. The van der Waals surface area contributed by atoms with E-state index in [1.807, 2.05) is 36.4 Å². The van der Waals surface area contributed by atoms with E-state index in [-0.39, 0.29) is 12.2 Å². The van der Waals surface area contributed by atoms with Crippen LogP contribution in [-0.4, -0.2) is 5.78 Å². The Morgan fingerprint density at radius 3 is 2.48 bits per heavy atom. The molecular weight excluding hydrogens is 282 g/mol. The minimum atomic E-state index is -0.464. The van der Waals surface area contributed by atoms with Crippen LogP contribution in [0.15, 0.2) is 60.7 Å². The lowest BCUT2D eigenvalue weighted by Gasteiger charge is -2.05. The molecule has 2 nitrogen and oxygen atoms in total. The van der Waals surface area contributed by atoms with Crippen LogP contribution >= 0.6 is 11.6 Å². The van der Waals surface area contributed by atoms with Gasteiger partial charge in [0.15, 0.2) is 5.78 Å². The highest BCUT2D eigenvalue weighted by atomic mass is 35.5. The van der Waals surface area contributed by atoms with Crippen molar-refractivity contribution in [3.63, 3.8) is 0 Å². The number of ketones is 1. The molecule has 0 aliphatic heterocycles. The van der Waals surface area contributed by atoms with Crippen molar-refractivity contribution in [3.8, 4) is 6.07 Å². The second-order valence-electron chi connectivity index (χ2n) is 4.61. The SMILES string of the molecule is N#CC(/C=C/c1ccccc1)CC(=O)c1ccccc1Cl. The molecule has 0 spiro atoms. The fraction of sp³-hybridized carbons (Fsp3) is 0.111. The van der Waals surface area contributed by atoms with Gasteiger partial charge in [0.1, 0.15) is 0 Å². The fourth-order valence-electron chi connectivity index (χ4n) is 1.95. The summed E-state index contributed by atoms with van der Waals surface area (Å²) in [6.45, 7) is 0. The van der Waals surface area contributed by atoms with Crippen molar-refractivity contribution in [1.82, 2.24) is 0 Å². The number of benzene rings is 2. The molecule has 0 aromatic heterocycles. The summed E-state index contributed by atoms with van der Waals surface area (Å²) in [6.07, 6.45) is 3.74. The van der Waals surface area contributed by atoms with Gasteiger partial charge in [0.25, 0.3) is 0 Å². The lowest BCUT2D eigenvalue weighted by Crippen LogP contribution is -2.06. The molecule has 0 fully saturated rings. The van der Waals surface area contributed by atoms with Gasteiger partial charge in [0.2, 0.25) is 0 Å². The molecule has 2 aromatic carbocycles. The number of hydrogen-bond donors (Lipinski definition) is 0. The summed E-state index contributed by atoms with van der Waals surface area (Å²) in [5, 5.41) is 9.61.